The average Bonchev–Trinajstić information content (AvgIpc) is 2.40. The van der Waals surface area contributed by atoms with Crippen molar-refractivity contribution >= 4 is 23.3 Å². The van der Waals surface area contributed by atoms with Crippen LogP contribution in [0.4, 0.5) is 5.69 Å². The van der Waals surface area contributed by atoms with Crippen molar-refractivity contribution in [3.63, 3.8) is 0 Å². The van der Waals surface area contributed by atoms with Gasteiger partial charge in [0.05, 0.1) is 21.6 Å². The van der Waals surface area contributed by atoms with Crippen LogP contribution in [0.2, 0.25) is 5.02 Å². The van der Waals surface area contributed by atoms with Gasteiger partial charge in [-0.15, -0.1) is 0 Å². The minimum atomic E-state index is -1.14. The Hall–Kier alpha value is -2.60. The van der Waals surface area contributed by atoms with Gasteiger partial charge in [-0.1, -0.05) is 11.6 Å². The Morgan fingerprint density at radius 2 is 2.00 bits per heavy atom. The van der Waals surface area contributed by atoms with Crippen LogP contribution < -0.4 is 4.74 Å². The number of ether oxygens (including phenoxy) is 1. The summed E-state index contributed by atoms with van der Waals surface area (Å²) >= 11 is 5.84. The second kappa shape index (κ2) is 5.80. The minimum Gasteiger partial charge on any atom is -0.478 e. The molecular weight excluding hydrogens is 298 g/mol. The van der Waals surface area contributed by atoms with E-state index in [1.807, 2.05) is 0 Å². The van der Waals surface area contributed by atoms with E-state index in [2.05, 4.69) is 0 Å². The largest absolute Gasteiger partial charge is 0.478 e. The van der Waals surface area contributed by atoms with Crippen molar-refractivity contribution in [1.82, 2.24) is 0 Å². The van der Waals surface area contributed by atoms with E-state index in [1.165, 1.54) is 30.3 Å². The van der Waals surface area contributed by atoms with Gasteiger partial charge >= 0.3 is 5.97 Å². The highest BCUT2D eigenvalue weighted by molar-refractivity contribution is 6.33. The summed E-state index contributed by atoms with van der Waals surface area (Å²) in [5, 5.41) is 19.7. The third-order valence-corrected chi connectivity index (χ3v) is 3.09. The Bertz CT molecular complexity index is 729. The topological polar surface area (TPSA) is 89.7 Å². The molecule has 0 heterocycles. The highest BCUT2D eigenvalue weighted by Gasteiger charge is 2.13. The number of carboxylic acids is 1. The number of hydrogen-bond acceptors (Lipinski definition) is 4. The van der Waals surface area contributed by atoms with Crippen molar-refractivity contribution in [3.8, 4) is 11.5 Å². The molecule has 0 bridgehead atoms. The summed E-state index contributed by atoms with van der Waals surface area (Å²) in [6.07, 6.45) is 0. The molecule has 108 valence electrons. The number of aryl methyl sites for hydroxylation is 1. The molecule has 7 heteroatoms. The molecule has 0 unspecified atom stereocenters. The van der Waals surface area contributed by atoms with E-state index in [-0.39, 0.29) is 16.3 Å². The number of aromatic carboxylic acids is 1. The quantitative estimate of drug-likeness (QED) is 0.680. The molecule has 0 aliphatic heterocycles. The summed E-state index contributed by atoms with van der Waals surface area (Å²) < 4.78 is 5.53. The SMILES string of the molecule is Cc1ccc([N+](=O)[O-])cc1Oc1ccc(C(=O)O)c(Cl)c1. The van der Waals surface area contributed by atoms with E-state index in [9.17, 15) is 14.9 Å². The zero-order valence-electron chi connectivity index (χ0n) is 10.9. The second-order valence-corrected chi connectivity index (χ2v) is 4.66. The van der Waals surface area contributed by atoms with Crippen LogP contribution in [0.25, 0.3) is 0 Å². The maximum atomic E-state index is 10.9. The molecule has 0 aliphatic rings. The molecular formula is C14H10ClNO5. The molecule has 0 radical (unpaired) electrons. The first kappa shape index (κ1) is 14.8. The molecule has 0 aromatic heterocycles. The molecule has 6 nitrogen and oxygen atoms in total. The third-order valence-electron chi connectivity index (χ3n) is 2.78. The molecule has 0 saturated carbocycles. The van der Waals surface area contributed by atoms with E-state index >= 15 is 0 Å². The molecule has 0 fully saturated rings. The van der Waals surface area contributed by atoms with Gasteiger partial charge in [-0.05, 0) is 30.7 Å². The van der Waals surface area contributed by atoms with E-state index < -0.39 is 10.9 Å². The number of nitrogens with zero attached hydrogens (tertiary/aromatic N) is 1. The van der Waals surface area contributed by atoms with Gasteiger partial charge < -0.3 is 9.84 Å². The molecule has 2 aromatic carbocycles. The average molecular weight is 308 g/mol. The number of benzene rings is 2. The van der Waals surface area contributed by atoms with Crippen molar-refractivity contribution < 1.29 is 19.6 Å². The molecule has 0 atom stereocenters. The van der Waals surface area contributed by atoms with E-state index in [0.717, 1.165) is 0 Å². The zero-order valence-corrected chi connectivity index (χ0v) is 11.6. The number of carbonyl (C=O) groups is 1. The normalized spacial score (nSPS) is 10.2. The van der Waals surface area contributed by atoms with Gasteiger partial charge in [-0.3, -0.25) is 10.1 Å². The fraction of sp³-hybridized carbons (Fsp3) is 0.0714. The summed E-state index contributed by atoms with van der Waals surface area (Å²) in [6.45, 7) is 1.74. The summed E-state index contributed by atoms with van der Waals surface area (Å²) in [7, 11) is 0. The lowest BCUT2D eigenvalue weighted by molar-refractivity contribution is -0.384. The predicted molar refractivity (Wildman–Crippen MR) is 76.3 cm³/mol. The van der Waals surface area contributed by atoms with E-state index in [4.69, 9.17) is 21.4 Å². The highest BCUT2D eigenvalue weighted by Crippen LogP contribution is 2.31. The van der Waals surface area contributed by atoms with Gasteiger partial charge in [0.15, 0.2) is 0 Å². The fourth-order valence-corrected chi connectivity index (χ4v) is 1.92. The third kappa shape index (κ3) is 3.29. The maximum Gasteiger partial charge on any atom is 0.337 e. The van der Waals surface area contributed by atoms with Crippen molar-refractivity contribution in [2.24, 2.45) is 0 Å². The Kier molecular flexibility index (Phi) is 4.09. The monoisotopic (exact) mass is 307 g/mol. The molecule has 0 amide bonds. The number of nitro benzene ring substituents is 1. The standard InChI is InChI=1S/C14H10ClNO5/c1-8-2-3-9(16(19)20)6-13(8)21-10-4-5-11(14(17)18)12(15)7-10/h2-7H,1H3,(H,17,18). The lowest BCUT2D eigenvalue weighted by atomic mass is 10.2. The lowest BCUT2D eigenvalue weighted by Crippen LogP contribution is -1.97. The van der Waals surface area contributed by atoms with Crippen molar-refractivity contribution in [2.75, 3.05) is 0 Å². The van der Waals surface area contributed by atoms with Gasteiger partial charge in [0.1, 0.15) is 11.5 Å². The number of non-ortho nitro benzene ring substituents is 1. The molecule has 0 saturated heterocycles. The Morgan fingerprint density at radius 3 is 2.57 bits per heavy atom. The number of nitro groups is 1. The number of carboxylic acid groups (broad SMARTS) is 1. The van der Waals surface area contributed by atoms with Crippen LogP contribution in [0.5, 0.6) is 11.5 Å². The van der Waals surface area contributed by atoms with Gasteiger partial charge in [-0.25, -0.2) is 4.79 Å². The van der Waals surface area contributed by atoms with Crippen LogP contribution in [0.15, 0.2) is 36.4 Å². The molecule has 2 aromatic rings. The van der Waals surface area contributed by atoms with Crippen molar-refractivity contribution in [3.05, 3.63) is 62.7 Å². The Labute approximate surface area is 124 Å². The van der Waals surface area contributed by atoms with Gasteiger partial charge in [0, 0.05) is 12.1 Å². The Balaban J connectivity index is 2.34. The van der Waals surface area contributed by atoms with Crippen LogP contribution in [-0.2, 0) is 0 Å². The van der Waals surface area contributed by atoms with Crippen LogP contribution in [-0.4, -0.2) is 16.0 Å². The smallest absolute Gasteiger partial charge is 0.337 e. The van der Waals surface area contributed by atoms with E-state index in [0.29, 0.717) is 17.1 Å². The van der Waals surface area contributed by atoms with Crippen LogP contribution in [0, 0.1) is 17.0 Å². The van der Waals surface area contributed by atoms with Gasteiger partial charge in [0.2, 0.25) is 0 Å². The highest BCUT2D eigenvalue weighted by atomic mass is 35.5. The predicted octanol–water partition coefficient (Wildman–Crippen LogP) is 4.05. The van der Waals surface area contributed by atoms with Gasteiger partial charge in [-0.2, -0.15) is 0 Å². The number of halogens is 1. The van der Waals surface area contributed by atoms with Crippen LogP contribution >= 0.6 is 11.6 Å². The van der Waals surface area contributed by atoms with Crippen LogP contribution in [0.1, 0.15) is 15.9 Å². The first-order chi connectivity index (χ1) is 9.88. The molecule has 21 heavy (non-hydrogen) atoms. The van der Waals surface area contributed by atoms with Crippen molar-refractivity contribution in [2.45, 2.75) is 6.92 Å². The zero-order chi connectivity index (χ0) is 15.6. The minimum absolute atomic E-state index is 0.0306. The fourth-order valence-electron chi connectivity index (χ4n) is 1.67. The first-order valence-electron chi connectivity index (χ1n) is 5.84. The lowest BCUT2D eigenvalue weighted by Gasteiger charge is -2.09. The Morgan fingerprint density at radius 1 is 1.29 bits per heavy atom. The number of hydrogen-bond donors (Lipinski definition) is 1. The van der Waals surface area contributed by atoms with Crippen LogP contribution in [0.3, 0.4) is 0 Å². The first-order valence-corrected chi connectivity index (χ1v) is 6.22. The maximum absolute atomic E-state index is 10.9. The summed E-state index contributed by atoms with van der Waals surface area (Å²) in [5.74, 6) is -0.532. The molecule has 0 spiro atoms. The summed E-state index contributed by atoms with van der Waals surface area (Å²) in [6, 6.07) is 8.35. The van der Waals surface area contributed by atoms with Gasteiger partial charge in [0.25, 0.3) is 5.69 Å². The summed E-state index contributed by atoms with van der Waals surface area (Å²) in [4.78, 5) is 21.1. The second-order valence-electron chi connectivity index (χ2n) is 4.26. The molecule has 2 rings (SSSR count). The molecule has 0 aliphatic carbocycles. The number of rotatable bonds is 4. The van der Waals surface area contributed by atoms with Crippen molar-refractivity contribution in [1.29, 1.82) is 0 Å². The van der Waals surface area contributed by atoms with E-state index in [1.54, 1.807) is 13.0 Å². The molecule has 1 N–H and O–H groups in total. The summed E-state index contributed by atoms with van der Waals surface area (Å²) in [5.41, 5.74) is 0.572.